The highest BCUT2D eigenvalue weighted by Crippen LogP contribution is 2.44. The number of halogens is 1. The molecule has 1 N–H and O–H groups in total. The Bertz CT molecular complexity index is 414. The van der Waals surface area contributed by atoms with Crippen LogP contribution < -0.4 is 9.47 Å². The van der Waals surface area contributed by atoms with Crippen molar-refractivity contribution < 1.29 is 14.6 Å². The van der Waals surface area contributed by atoms with Gasteiger partial charge in [0.1, 0.15) is 0 Å². The molecule has 0 saturated carbocycles. The summed E-state index contributed by atoms with van der Waals surface area (Å²) in [6.45, 7) is 5.71. The molecule has 0 amide bonds. The Labute approximate surface area is 107 Å². The number of aliphatic hydroxyl groups is 1. The first-order valence-electron chi connectivity index (χ1n) is 5.41. The van der Waals surface area contributed by atoms with Gasteiger partial charge in [-0.15, -0.1) is 0 Å². The standard InChI is InChI=1S/C13H19ClO3/c1-8-6-9(16-4)12(17-5)10(11(8)14)13(2,3)7-15/h6,15H,7H2,1-5H3. The molecule has 0 aromatic heterocycles. The molecular formula is C13H19ClO3. The van der Waals surface area contributed by atoms with E-state index in [1.807, 2.05) is 26.8 Å². The fourth-order valence-electron chi connectivity index (χ4n) is 1.78. The average Bonchev–Trinajstić information content (AvgIpc) is 2.31. The lowest BCUT2D eigenvalue weighted by Crippen LogP contribution is -2.24. The summed E-state index contributed by atoms with van der Waals surface area (Å²) in [6, 6.07) is 1.83. The van der Waals surface area contributed by atoms with Gasteiger partial charge in [-0.05, 0) is 18.6 Å². The number of rotatable bonds is 4. The summed E-state index contributed by atoms with van der Waals surface area (Å²) in [7, 11) is 3.15. The lowest BCUT2D eigenvalue weighted by Gasteiger charge is -2.27. The number of benzene rings is 1. The van der Waals surface area contributed by atoms with E-state index >= 15 is 0 Å². The van der Waals surface area contributed by atoms with E-state index in [1.54, 1.807) is 14.2 Å². The Morgan fingerprint density at radius 1 is 1.29 bits per heavy atom. The molecule has 0 aliphatic heterocycles. The third-order valence-electron chi connectivity index (χ3n) is 2.86. The molecule has 96 valence electrons. The molecule has 0 fully saturated rings. The van der Waals surface area contributed by atoms with E-state index in [1.165, 1.54) is 0 Å². The minimum Gasteiger partial charge on any atom is -0.493 e. The highest BCUT2D eigenvalue weighted by molar-refractivity contribution is 6.32. The van der Waals surface area contributed by atoms with E-state index in [9.17, 15) is 5.11 Å². The maximum absolute atomic E-state index is 9.49. The van der Waals surface area contributed by atoms with E-state index in [4.69, 9.17) is 21.1 Å². The number of methoxy groups -OCH3 is 2. The molecule has 0 aliphatic carbocycles. The summed E-state index contributed by atoms with van der Waals surface area (Å²) in [4.78, 5) is 0. The van der Waals surface area contributed by atoms with Gasteiger partial charge in [0.15, 0.2) is 11.5 Å². The number of hydrogen-bond donors (Lipinski definition) is 1. The number of aryl methyl sites for hydroxylation is 1. The zero-order chi connectivity index (χ0) is 13.2. The zero-order valence-corrected chi connectivity index (χ0v) is 11.7. The Kier molecular flexibility index (Phi) is 4.28. The summed E-state index contributed by atoms with van der Waals surface area (Å²) in [6.07, 6.45) is 0. The largest absolute Gasteiger partial charge is 0.493 e. The molecule has 1 rings (SSSR count). The number of ether oxygens (including phenoxy) is 2. The second kappa shape index (κ2) is 5.15. The van der Waals surface area contributed by atoms with Crippen LogP contribution in [0.3, 0.4) is 0 Å². The first-order valence-corrected chi connectivity index (χ1v) is 5.79. The molecule has 0 saturated heterocycles. The predicted molar refractivity (Wildman–Crippen MR) is 69.4 cm³/mol. The summed E-state index contributed by atoms with van der Waals surface area (Å²) in [5.41, 5.74) is 1.20. The van der Waals surface area contributed by atoms with E-state index < -0.39 is 5.41 Å². The van der Waals surface area contributed by atoms with Crippen molar-refractivity contribution in [3.05, 3.63) is 22.2 Å². The molecule has 4 heteroatoms. The molecule has 1 aromatic carbocycles. The van der Waals surface area contributed by atoms with Gasteiger partial charge in [0.25, 0.3) is 0 Å². The first kappa shape index (κ1) is 14.1. The molecule has 17 heavy (non-hydrogen) atoms. The van der Waals surface area contributed by atoms with Gasteiger partial charge in [-0.2, -0.15) is 0 Å². The predicted octanol–water partition coefficient (Wildman–Crippen LogP) is 2.94. The second-order valence-electron chi connectivity index (χ2n) is 4.66. The van der Waals surface area contributed by atoms with Crippen LogP contribution in [0.4, 0.5) is 0 Å². The molecule has 0 bridgehead atoms. The fourth-order valence-corrected chi connectivity index (χ4v) is 2.18. The van der Waals surface area contributed by atoms with Gasteiger partial charge in [0, 0.05) is 11.0 Å². The van der Waals surface area contributed by atoms with Crippen LogP contribution in [-0.2, 0) is 5.41 Å². The van der Waals surface area contributed by atoms with E-state index in [-0.39, 0.29) is 6.61 Å². The molecular weight excluding hydrogens is 240 g/mol. The van der Waals surface area contributed by atoms with E-state index in [0.29, 0.717) is 16.5 Å². The van der Waals surface area contributed by atoms with E-state index in [0.717, 1.165) is 11.1 Å². The molecule has 0 radical (unpaired) electrons. The van der Waals surface area contributed by atoms with Crippen molar-refractivity contribution in [2.45, 2.75) is 26.2 Å². The fraction of sp³-hybridized carbons (Fsp3) is 0.538. The molecule has 1 aromatic rings. The van der Waals surface area contributed by atoms with Crippen LogP contribution in [0.1, 0.15) is 25.0 Å². The first-order chi connectivity index (χ1) is 7.88. The van der Waals surface area contributed by atoms with Crippen molar-refractivity contribution in [1.29, 1.82) is 0 Å². The summed E-state index contributed by atoms with van der Waals surface area (Å²) < 4.78 is 10.7. The number of hydrogen-bond acceptors (Lipinski definition) is 3. The van der Waals surface area contributed by atoms with Crippen molar-refractivity contribution in [2.75, 3.05) is 20.8 Å². The highest BCUT2D eigenvalue weighted by Gasteiger charge is 2.29. The average molecular weight is 259 g/mol. The van der Waals surface area contributed by atoms with Gasteiger partial charge in [-0.3, -0.25) is 0 Å². The van der Waals surface area contributed by atoms with E-state index in [2.05, 4.69) is 0 Å². The minimum atomic E-state index is -0.484. The van der Waals surface area contributed by atoms with Crippen LogP contribution in [-0.4, -0.2) is 25.9 Å². The molecule has 3 nitrogen and oxygen atoms in total. The lowest BCUT2D eigenvalue weighted by atomic mass is 9.83. The molecule has 0 heterocycles. The summed E-state index contributed by atoms with van der Waals surface area (Å²) in [5.74, 6) is 1.22. The van der Waals surface area contributed by atoms with Crippen LogP contribution in [0.15, 0.2) is 6.07 Å². The monoisotopic (exact) mass is 258 g/mol. The molecule has 0 atom stereocenters. The van der Waals surface area contributed by atoms with Crippen LogP contribution in [0.5, 0.6) is 11.5 Å². The van der Waals surface area contributed by atoms with Crippen LogP contribution in [0, 0.1) is 6.92 Å². The lowest BCUT2D eigenvalue weighted by molar-refractivity contribution is 0.213. The van der Waals surface area contributed by atoms with Gasteiger partial charge in [0.05, 0.1) is 25.8 Å². The Morgan fingerprint density at radius 2 is 1.88 bits per heavy atom. The van der Waals surface area contributed by atoms with Crippen LogP contribution in [0.25, 0.3) is 0 Å². The van der Waals surface area contributed by atoms with Crippen molar-refractivity contribution in [3.8, 4) is 11.5 Å². The van der Waals surface area contributed by atoms with Gasteiger partial charge in [-0.25, -0.2) is 0 Å². The SMILES string of the molecule is COc1cc(C)c(Cl)c(C(C)(C)CO)c1OC. The molecule has 0 spiro atoms. The number of aliphatic hydroxyl groups excluding tert-OH is 1. The Morgan fingerprint density at radius 3 is 2.29 bits per heavy atom. The Hall–Kier alpha value is -0.930. The maximum atomic E-state index is 9.49. The third kappa shape index (κ3) is 2.50. The highest BCUT2D eigenvalue weighted by atomic mass is 35.5. The Balaban J connectivity index is 3.60. The van der Waals surface area contributed by atoms with Crippen molar-refractivity contribution in [1.82, 2.24) is 0 Å². The molecule has 0 unspecified atom stereocenters. The quantitative estimate of drug-likeness (QED) is 0.903. The topological polar surface area (TPSA) is 38.7 Å². The van der Waals surface area contributed by atoms with Crippen LogP contribution in [0.2, 0.25) is 5.02 Å². The van der Waals surface area contributed by atoms with Crippen LogP contribution >= 0.6 is 11.6 Å². The van der Waals surface area contributed by atoms with Gasteiger partial charge < -0.3 is 14.6 Å². The van der Waals surface area contributed by atoms with Crippen molar-refractivity contribution in [3.63, 3.8) is 0 Å². The smallest absolute Gasteiger partial charge is 0.166 e. The van der Waals surface area contributed by atoms with Gasteiger partial charge >= 0.3 is 0 Å². The normalized spacial score (nSPS) is 11.5. The van der Waals surface area contributed by atoms with Gasteiger partial charge in [-0.1, -0.05) is 25.4 Å². The van der Waals surface area contributed by atoms with Crippen molar-refractivity contribution >= 4 is 11.6 Å². The summed E-state index contributed by atoms with van der Waals surface area (Å²) in [5, 5.41) is 10.1. The third-order valence-corrected chi connectivity index (χ3v) is 3.35. The van der Waals surface area contributed by atoms with Crippen molar-refractivity contribution in [2.24, 2.45) is 0 Å². The zero-order valence-electron chi connectivity index (χ0n) is 10.9. The molecule has 0 aliphatic rings. The minimum absolute atomic E-state index is 0.0182. The second-order valence-corrected chi connectivity index (χ2v) is 5.04. The van der Waals surface area contributed by atoms with Gasteiger partial charge in [0.2, 0.25) is 0 Å². The maximum Gasteiger partial charge on any atom is 0.166 e. The summed E-state index contributed by atoms with van der Waals surface area (Å²) >= 11 is 6.32.